The predicted molar refractivity (Wildman–Crippen MR) is 84.2 cm³/mol. The molecule has 20 heavy (non-hydrogen) atoms. The van der Waals surface area contributed by atoms with Gasteiger partial charge < -0.3 is 4.74 Å². The van der Waals surface area contributed by atoms with Gasteiger partial charge in [0.2, 0.25) is 0 Å². The Morgan fingerprint density at radius 2 is 2.25 bits per heavy atom. The Labute approximate surface area is 134 Å². The maximum Gasteiger partial charge on any atom is 0.0766 e. The van der Waals surface area contributed by atoms with Crippen LogP contribution < -0.4 is 0 Å². The number of ether oxygens (including phenoxy) is 1. The normalized spacial score (nSPS) is 30.1. The highest BCUT2D eigenvalue weighted by Crippen LogP contribution is 2.50. The van der Waals surface area contributed by atoms with Crippen molar-refractivity contribution in [1.82, 2.24) is 9.78 Å². The molecule has 1 saturated heterocycles. The Bertz CT molecular complexity index is 500. The highest BCUT2D eigenvalue weighted by molar-refractivity contribution is 9.10. The van der Waals surface area contributed by atoms with Gasteiger partial charge in [0, 0.05) is 24.9 Å². The first-order valence-corrected chi connectivity index (χ1v) is 8.82. The van der Waals surface area contributed by atoms with Crippen LogP contribution in [0.25, 0.3) is 0 Å². The molecule has 1 aliphatic carbocycles. The van der Waals surface area contributed by atoms with Crippen molar-refractivity contribution in [1.29, 1.82) is 0 Å². The van der Waals surface area contributed by atoms with Crippen LogP contribution in [-0.4, -0.2) is 28.4 Å². The maximum absolute atomic E-state index is 6.40. The summed E-state index contributed by atoms with van der Waals surface area (Å²) in [5.41, 5.74) is 2.48. The number of hydrogen-bond acceptors (Lipinski definition) is 2. The highest BCUT2D eigenvalue weighted by Gasteiger charge is 2.51. The summed E-state index contributed by atoms with van der Waals surface area (Å²) in [7, 11) is 2.03. The Balaban J connectivity index is 1.89. The van der Waals surface area contributed by atoms with E-state index in [0.29, 0.717) is 12.0 Å². The number of halogens is 2. The van der Waals surface area contributed by atoms with Gasteiger partial charge in [0.25, 0.3) is 0 Å². The number of nitrogens with zero attached hydrogens (tertiary/aromatic N) is 2. The van der Waals surface area contributed by atoms with Gasteiger partial charge in [-0.3, -0.25) is 4.68 Å². The van der Waals surface area contributed by atoms with Gasteiger partial charge in [0.15, 0.2) is 0 Å². The van der Waals surface area contributed by atoms with Crippen LogP contribution in [0.2, 0.25) is 0 Å². The summed E-state index contributed by atoms with van der Waals surface area (Å²) in [5, 5.41) is 4.61. The zero-order valence-electron chi connectivity index (χ0n) is 12.2. The van der Waals surface area contributed by atoms with Gasteiger partial charge in [-0.15, -0.1) is 11.6 Å². The molecule has 0 amide bonds. The van der Waals surface area contributed by atoms with Gasteiger partial charge in [0.1, 0.15) is 0 Å². The summed E-state index contributed by atoms with van der Waals surface area (Å²) in [6, 6.07) is 0. The second kappa shape index (κ2) is 5.62. The average Bonchev–Trinajstić information content (AvgIpc) is 3.16. The van der Waals surface area contributed by atoms with E-state index in [1.165, 1.54) is 18.5 Å². The van der Waals surface area contributed by atoms with E-state index in [0.717, 1.165) is 42.0 Å². The molecule has 1 aromatic heterocycles. The number of aryl methyl sites for hydroxylation is 2. The highest BCUT2D eigenvalue weighted by atomic mass is 79.9. The molecule has 0 radical (unpaired) electrons. The maximum atomic E-state index is 6.40. The zero-order valence-corrected chi connectivity index (χ0v) is 14.5. The molecular formula is C15H22BrClN2O. The second-order valence-corrected chi connectivity index (χ2v) is 7.30. The molecule has 5 heteroatoms. The molecule has 1 aromatic rings. The molecule has 0 aromatic carbocycles. The lowest BCUT2D eigenvalue weighted by Crippen LogP contribution is -2.37. The van der Waals surface area contributed by atoms with Crippen molar-refractivity contribution in [2.45, 2.75) is 45.1 Å². The fraction of sp³-hybridized carbons (Fsp3) is 0.800. The molecule has 1 aliphatic heterocycles. The molecule has 0 bridgehead atoms. The molecule has 2 aliphatic rings. The van der Waals surface area contributed by atoms with E-state index in [9.17, 15) is 0 Å². The lowest BCUT2D eigenvalue weighted by molar-refractivity contribution is 0.0395. The standard InChI is InChI=1S/C15H22BrClN2O/c1-3-11-13(16)12(19(2)18-11)8-15(9-17)6-7-20-14(15)10-4-5-10/h10,14H,3-9H2,1-2H3. The van der Waals surface area contributed by atoms with Crippen LogP contribution in [-0.2, 0) is 24.6 Å². The molecule has 2 heterocycles. The molecule has 3 rings (SSSR count). The molecule has 112 valence electrons. The van der Waals surface area contributed by atoms with Crippen LogP contribution in [0.3, 0.4) is 0 Å². The Morgan fingerprint density at radius 3 is 2.80 bits per heavy atom. The summed E-state index contributed by atoms with van der Waals surface area (Å²) in [6.07, 6.45) is 5.92. The molecule has 2 fully saturated rings. The van der Waals surface area contributed by atoms with Crippen LogP contribution in [0.15, 0.2) is 4.47 Å². The smallest absolute Gasteiger partial charge is 0.0766 e. The molecule has 1 saturated carbocycles. The SMILES string of the molecule is CCc1nn(C)c(CC2(CCl)CCOC2C2CC2)c1Br. The summed E-state index contributed by atoms with van der Waals surface area (Å²) < 4.78 is 9.21. The quantitative estimate of drug-likeness (QED) is 0.748. The van der Waals surface area contributed by atoms with Gasteiger partial charge in [-0.25, -0.2) is 0 Å². The minimum atomic E-state index is 0.0873. The van der Waals surface area contributed by atoms with Crippen LogP contribution in [0.1, 0.15) is 37.6 Å². The first-order chi connectivity index (χ1) is 9.61. The third-order valence-corrected chi connectivity index (χ3v) is 6.29. The van der Waals surface area contributed by atoms with Gasteiger partial charge in [-0.05, 0) is 54.0 Å². The van der Waals surface area contributed by atoms with E-state index in [1.54, 1.807) is 0 Å². The van der Waals surface area contributed by atoms with E-state index in [1.807, 2.05) is 11.7 Å². The number of alkyl halides is 1. The predicted octanol–water partition coefficient (Wildman–Crippen LogP) is 3.71. The molecule has 2 atom stereocenters. The lowest BCUT2D eigenvalue weighted by Gasteiger charge is -2.32. The minimum Gasteiger partial charge on any atom is -0.377 e. The van der Waals surface area contributed by atoms with Crippen LogP contribution in [0.5, 0.6) is 0 Å². The number of hydrogen-bond donors (Lipinski definition) is 0. The van der Waals surface area contributed by atoms with E-state index in [2.05, 4.69) is 28.0 Å². The van der Waals surface area contributed by atoms with Crippen molar-refractivity contribution in [3.05, 3.63) is 15.9 Å². The molecule has 2 unspecified atom stereocenters. The molecule has 0 spiro atoms. The van der Waals surface area contributed by atoms with Gasteiger partial charge in [0.05, 0.1) is 22.0 Å². The number of aromatic nitrogens is 2. The van der Waals surface area contributed by atoms with E-state index < -0.39 is 0 Å². The minimum absolute atomic E-state index is 0.0873. The van der Waals surface area contributed by atoms with Gasteiger partial charge >= 0.3 is 0 Å². The Hall–Kier alpha value is -0.0600. The van der Waals surface area contributed by atoms with Crippen LogP contribution in [0, 0.1) is 11.3 Å². The summed E-state index contributed by atoms with van der Waals surface area (Å²) in [4.78, 5) is 0. The first-order valence-electron chi connectivity index (χ1n) is 7.49. The van der Waals surface area contributed by atoms with E-state index in [4.69, 9.17) is 16.3 Å². The third kappa shape index (κ3) is 2.44. The summed E-state index contributed by atoms with van der Waals surface area (Å²) in [5.74, 6) is 1.40. The largest absolute Gasteiger partial charge is 0.377 e. The fourth-order valence-corrected chi connectivity index (χ4v) is 4.60. The van der Waals surface area contributed by atoms with Crippen molar-refractivity contribution in [2.24, 2.45) is 18.4 Å². The van der Waals surface area contributed by atoms with Gasteiger partial charge in [-0.2, -0.15) is 5.10 Å². The summed E-state index contributed by atoms with van der Waals surface area (Å²) in [6.45, 7) is 2.99. The molecule has 0 N–H and O–H groups in total. The van der Waals surface area contributed by atoms with Crippen LogP contribution >= 0.6 is 27.5 Å². The zero-order chi connectivity index (χ0) is 14.3. The van der Waals surface area contributed by atoms with Crippen molar-refractivity contribution in [3.8, 4) is 0 Å². The lowest BCUT2D eigenvalue weighted by atomic mass is 9.77. The van der Waals surface area contributed by atoms with Crippen molar-refractivity contribution in [2.75, 3.05) is 12.5 Å². The average molecular weight is 362 g/mol. The first kappa shape index (κ1) is 14.9. The van der Waals surface area contributed by atoms with Gasteiger partial charge in [-0.1, -0.05) is 6.92 Å². The fourth-order valence-electron chi connectivity index (χ4n) is 3.47. The Morgan fingerprint density at radius 1 is 1.50 bits per heavy atom. The van der Waals surface area contributed by atoms with Crippen molar-refractivity contribution < 1.29 is 4.74 Å². The topological polar surface area (TPSA) is 27.1 Å². The van der Waals surface area contributed by atoms with Crippen molar-refractivity contribution >= 4 is 27.5 Å². The molecular weight excluding hydrogens is 340 g/mol. The monoisotopic (exact) mass is 360 g/mol. The third-order valence-electron chi connectivity index (χ3n) is 4.84. The Kier molecular flexibility index (Phi) is 4.17. The van der Waals surface area contributed by atoms with E-state index >= 15 is 0 Å². The van der Waals surface area contributed by atoms with Crippen LogP contribution in [0.4, 0.5) is 0 Å². The van der Waals surface area contributed by atoms with E-state index in [-0.39, 0.29) is 5.41 Å². The number of rotatable bonds is 5. The second-order valence-electron chi connectivity index (χ2n) is 6.24. The molecule has 3 nitrogen and oxygen atoms in total. The summed E-state index contributed by atoms with van der Waals surface area (Å²) >= 11 is 10.1. The van der Waals surface area contributed by atoms with Crippen molar-refractivity contribution in [3.63, 3.8) is 0 Å².